The standard InChI is InChI=1S/C25H34N4O4/c1-5-7-17-27(18-23-9-8-16-26(23)4)25(31)19-28(20(3)6-2)24(30)15-12-21-10-13-22(14-11-21)29(32)33/h8-16,20H,5-7,17-19H2,1-4H3/b15-12+. The van der Waals surface area contributed by atoms with Crippen LogP contribution in [0, 0.1) is 10.1 Å². The summed E-state index contributed by atoms with van der Waals surface area (Å²) in [6, 6.07) is 9.82. The van der Waals surface area contributed by atoms with Crippen LogP contribution in [-0.4, -0.2) is 50.2 Å². The van der Waals surface area contributed by atoms with Gasteiger partial charge in [-0.25, -0.2) is 0 Å². The van der Waals surface area contributed by atoms with Gasteiger partial charge in [-0.2, -0.15) is 0 Å². The maximum absolute atomic E-state index is 13.2. The first-order valence-electron chi connectivity index (χ1n) is 11.4. The van der Waals surface area contributed by atoms with Crippen LogP contribution < -0.4 is 0 Å². The van der Waals surface area contributed by atoms with E-state index in [1.165, 1.54) is 18.2 Å². The van der Waals surface area contributed by atoms with Crippen LogP contribution in [0.4, 0.5) is 5.69 Å². The smallest absolute Gasteiger partial charge is 0.269 e. The summed E-state index contributed by atoms with van der Waals surface area (Å²) in [5, 5.41) is 10.8. The number of benzene rings is 1. The molecule has 33 heavy (non-hydrogen) atoms. The second kappa shape index (κ2) is 12.6. The molecule has 8 nitrogen and oxygen atoms in total. The lowest BCUT2D eigenvalue weighted by Crippen LogP contribution is -2.46. The molecule has 0 fully saturated rings. The molecule has 2 rings (SSSR count). The van der Waals surface area contributed by atoms with E-state index < -0.39 is 4.92 Å². The zero-order valence-electron chi connectivity index (χ0n) is 19.9. The molecule has 0 aliphatic heterocycles. The molecular weight excluding hydrogens is 420 g/mol. The van der Waals surface area contributed by atoms with Gasteiger partial charge in [0.2, 0.25) is 11.8 Å². The van der Waals surface area contributed by atoms with E-state index >= 15 is 0 Å². The first-order valence-corrected chi connectivity index (χ1v) is 11.4. The Bertz CT molecular complexity index is 965. The van der Waals surface area contributed by atoms with Crippen LogP contribution in [0.1, 0.15) is 51.3 Å². The zero-order chi connectivity index (χ0) is 24.4. The van der Waals surface area contributed by atoms with E-state index in [-0.39, 0.29) is 30.1 Å². The summed E-state index contributed by atoms with van der Waals surface area (Å²) in [5.41, 5.74) is 1.72. The van der Waals surface area contributed by atoms with Crippen molar-refractivity contribution in [2.24, 2.45) is 7.05 Å². The van der Waals surface area contributed by atoms with Crippen LogP contribution in [-0.2, 0) is 23.2 Å². The molecule has 2 amide bonds. The summed E-state index contributed by atoms with van der Waals surface area (Å²) in [5.74, 6) is -0.340. The van der Waals surface area contributed by atoms with Gasteiger partial charge in [0.25, 0.3) is 5.69 Å². The van der Waals surface area contributed by atoms with Gasteiger partial charge in [0.05, 0.1) is 11.5 Å². The first-order chi connectivity index (χ1) is 15.8. The highest BCUT2D eigenvalue weighted by atomic mass is 16.6. The Morgan fingerprint density at radius 3 is 2.42 bits per heavy atom. The number of amides is 2. The average molecular weight is 455 g/mol. The van der Waals surface area contributed by atoms with Crippen LogP contribution in [0.15, 0.2) is 48.7 Å². The van der Waals surface area contributed by atoms with Gasteiger partial charge in [-0.05, 0) is 55.7 Å². The third kappa shape index (κ3) is 7.59. The highest BCUT2D eigenvalue weighted by Crippen LogP contribution is 2.14. The molecule has 0 N–H and O–H groups in total. The topological polar surface area (TPSA) is 88.7 Å². The fourth-order valence-corrected chi connectivity index (χ4v) is 3.38. The largest absolute Gasteiger partial charge is 0.353 e. The van der Waals surface area contributed by atoms with Crippen LogP contribution in [0.5, 0.6) is 0 Å². The van der Waals surface area contributed by atoms with Crippen LogP contribution in [0.25, 0.3) is 6.08 Å². The number of nitro groups is 1. The van der Waals surface area contributed by atoms with E-state index in [2.05, 4.69) is 6.92 Å². The fraction of sp³-hybridized carbons (Fsp3) is 0.440. The molecule has 0 aliphatic carbocycles. The number of carbonyl (C=O) groups is 2. The normalized spacial score (nSPS) is 12.0. The number of hydrogen-bond donors (Lipinski definition) is 0. The van der Waals surface area contributed by atoms with E-state index in [4.69, 9.17) is 0 Å². The number of rotatable bonds is 12. The van der Waals surface area contributed by atoms with Crippen LogP contribution >= 0.6 is 0 Å². The summed E-state index contributed by atoms with van der Waals surface area (Å²) >= 11 is 0. The number of carbonyl (C=O) groups excluding carboxylic acids is 2. The monoisotopic (exact) mass is 454 g/mol. The zero-order valence-corrected chi connectivity index (χ0v) is 19.9. The molecule has 1 heterocycles. The summed E-state index contributed by atoms with van der Waals surface area (Å²) < 4.78 is 2.00. The predicted molar refractivity (Wildman–Crippen MR) is 129 cm³/mol. The van der Waals surface area contributed by atoms with Gasteiger partial charge in [-0.3, -0.25) is 19.7 Å². The van der Waals surface area contributed by atoms with Crippen molar-refractivity contribution in [1.82, 2.24) is 14.4 Å². The van der Waals surface area contributed by atoms with E-state index in [0.29, 0.717) is 18.7 Å². The SMILES string of the molecule is CCCCN(Cc1cccn1C)C(=O)CN(C(=O)/C=C/c1ccc([N+](=O)[O-])cc1)C(C)CC. The second-order valence-electron chi connectivity index (χ2n) is 8.18. The summed E-state index contributed by atoms with van der Waals surface area (Å²) in [6.07, 6.45) is 7.59. The summed E-state index contributed by atoms with van der Waals surface area (Å²) in [4.78, 5) is 40.0. The minimum Gasteiger partial charge on any atom is -0.353 e. The Labute approximate surface area is 195 Å². The number of aryl methyl sites for hydroxylation is 1. The van der Waals surface area contributed by atoms with Gasteiger partial charge in [-0.1, -0.05) is 20.3 Å². The van der Waals surface area contributed by atoms with Crippen molar-refractivity contribution in [3.63, 3.8) is 0 Å². The van der Waals surface area contributed by atoms with Gasteiger partial charge in [0.1, 0.15) is 6.54 Å². The quantitative estimate of drug-likeness (QED) is 0.270. The van der Waals surface area contributed by atoms with Crippen molar-refractivity contribution in [3.8, 4) is 0 Å². The Balaban J connectivity index is 2.14. The Morgan fingerprint density at radius 1 is 1.18 bits per heavy atom. The highest BCUT2D eigenvalue weighted by Gasteiger charge is 2.24. The molecule has 0 saturated carbocycles. The molecule has 8 heteroatoms. The number of unbranched alkanes of at least 4 members (excludes halogenated alkanes) is 1. The number of non-ortho nitro benzene ring substituents is 1. The molecule has 0 aliphatic rings. The first kappa shape index (κ1) is 25.8. The number of nitro benzene ring substituents is 1. The molecular formula is C25H34N4O4. The minimum absolute atomic E-state index is 0.00398. The lowest BCUT2D eigenvalue weighted by molar-refractivity contribution is -0.384. The molecule has 178 valence electrons. The molecule has 1 atom stereocenters. The maximum atomic E-state index is 13.2. The average Bonchev–Trinajstić information content (AvgIpc) is 3.22. The molecule has 1 aromatic heterocycles. The number of hydrogen-bond acceptors (Lipinski definition) is 4. The molecule has 0 spiro atoms. The third-order valence-electron chi connectivity index (χ3n) is 5.77. The van der Waals surface area contributed by atoms with Crippen molar-refractivity contribution < 1.29 is 14.5 Å². The van der Waals surface area contributed by atoms with Crippen molar-refractivity contribution in [2.75, 3.05) is 13.1 Å². The number of aromatic nitrogens is 1. The highest BCUT2D eigenvalue weighted by molar-refractivity contribution is 5.94. The van der Waals surface area contributed by atoms with Gasteiger partial charge < -0.3 is 14.4 Å². The molecule has 2 aromatic rings. The molecule has 1 aromatic carbocycles. The molecule has 0 radical (unpaired) electrons. The van der Waals surface area contributed by atoms with E-state index in [1.807, 2.05) is 48.7 Å². The van der Waals surface area contributed by atoms with Crippen molar-refractivity contribution in [3.05, 3.63) is 70.0 Å². The van der Waals surface area contributed by atoms with Gasteiger partial charge >= 0.3 is 0 Å². The third-order valence-corrected chi connectivity index (χ3v) is 5.77. The minimum atomic E-state index is -0.464. The van der Waals surface area contributed by atoms with Gasteiger partial charge in [-0.15, -0.1) is 0 Å². The second-order valence-corrected chi connectivity index (χ2v) is 8.18. The Hall–Kier alpha value is -3.42. The lowest BCUT2D eigenvalue weighted by atomic mass is 10.1. The predicted octanol–water partition coefficient (Wildman–Crippen LogP) is 4.40. The van der Waals surface area contributed by atoms with Crippen LogP contribution in [0.3, 0.4) is 0 Å². The van der Waals surface area contributed by atoms with Crippen molar-refractivity contribution >= 4 is 23.6 Å². The molecule has 1 unspecified atom stereocenters. The van der Waals surface area contributed by atoms with Crippen molar-refractivity contribution in [1.29, 1.82) is 0 Å². The van der Waals surface area contributed by atoms with Crippen molar-refractivity contribution in [2.45, 2.75) is 52.6 Å². The van der Waals surface area contributed by atoms with Crippen LogP contribution in [0.2, 0.25) is 0 Å². The Kier molecular flexibility index (Phi) is 9.84. The maximum Gasteiger partial charge on any atom is 0.269 e. The van der Waals surface area contributed by atoms with Gasteiger partial charge in [0.15, 0.2) is 0 Å². The molecule has 0 saturated heterocycles. The Morgan fingerprint density at radius 2 is 1.88 bits per heavy atom. The number of nitrogens with zero attached hydrogens (tertiary/aromatic N) is 4. The fourth-order valence-electron chi connectivity index (χ4n) is 3.38. The lowest BCUT2D eigenvalue weighted by Gasteiger charge is -2.30. The molecule has 0 bridgehead atoms. The summed E-state index contributed by atoms with van der Waals surface area (Å²) in [6.45, 7) is 7.15. The summed E-state index contributed by atoms with van der Waals surface area (Å²) in [7, 11) is 1.95. The van der Waals surface area contributed by atoms with E-state index in [9.17, 15) is 19.7 Å². The van der Waals surface area contributed by atoms with E-state index in [1.54, 1.807) is 23.1 Å². The van der Waals surface area contributed by atoms with E-state index in [0.717, 1.165) is 25.0 Å². The van der Waals surface area contributed by atoms with Gasteiger partial charge in [0, 0.05) is 49.7 Å².